The van der Waals surface area contributed by atoms with Crippen LogP contribution in [0, 0.1) is 0 Å². The van der Waals surface area contributed by atoms with Gasteiger partial charge in [-0.3, -0.25) is 9.36 Å². The van der Waals surface area contributed by atoms with E-state index < -0.39 is 0 Å². The first-order chi connectivity index (χ1) is 15.1. The van der Waals surface area contributed by atoms with E-state index in [1.807, 2.05) is 60.0 Å². The molecule has 1 heterocycles. The van der Waals surface area contributed by atoms with Gasteiger partial charge in [0.25, 0.3) is 0 Å². The molecule has 164 valence electrons. The summed E-state index contributed by atoms with van der Waals surface area (Å²) in [5, 5.41) is 12.3. The Bertz CT molecular complexity index is 1010. The van der Waals surface area contributed by atoms with Crippen LogP contribution in [0.3, 0.4) is 0 Å². The maximum atomic E-state index is 12.3. The van der Waals surface area contributed by atoms with Gasteiger partial charge < -0.3 is 19.5 Å². The van der Waals surface area contributed by atoms with Crippen molar-refractivity contribution in [2.75, 3.05) is 33.7 Å². The molecular weight excluding hydrogens is 416 g/mol. The Hall–Kier alpha value is -3.04. The maximum absolute atomic E-state index is 12.3. The van der Waals surface area contributed by atoms with Gasteiger partial charge in [-0.1, -0.05) is 23.9 Å². The molecule has 0 aliphatic heterocycles. The molecule has 0 fully saturated rings. The molecule has 8 nitrogen and oxygen atoms in total. The van der Waals surface area contributed by atoms with Gasteiger partial charge in [-0.25, -0.2) is 0 Å². The first-order valence-corrected chi connectivity index (χ1v) is 10.7. The average molecular weight is 443 g/mol. The van der Waals surface area contributed by atoms with Gasteiger partial charge in [0, 0.05) is 13.2 Å². The van der Waals surface area contributed by atoms with Crippen LogP contribution in [0.15, 0.2) is 53.7 Å². The van der Waals surface area contributed by atoms with Gasteiger partial charge >= 0.3 is 0 Å². The van der Waals surface area contributed by atoms with E-state index in [-0.39, 0.29) is 17.7 Å². The fraction of sp³-hybridized carbons (Fsp3) is 0.318. The topological polar surface area (TPSA) is 87.5 Å². The van der Waals surface area contributed by atoms with E-state index >= 15 is 0 Å². The van der Waals surface area contributed by atoms with Crippen molar-refractivity contribution in [3.05, 3.63) is 48.5 Å². The van der Waals surface area contributed by atoms with Crippen LogP contribution in [0.25, 0.3) is 17.1 Å². The zero-order chi connectivity index (χ0) is 22.2. The molecule has 1 aromatic heterocycles. The molecule has 0 aliphatic carbocycles. The minimum Gasteiger partial charge on any atom is -0.497 e. The molecule has 31 heavy (non-hydrogen) atoms. The van der Waals surface area contributed by atoms with E-state index in [2.05, 4.69) is 15.5 Å². The molecule has 1 atom stereocenters. The quantitative estimate of drug-likeness (QED) is 0.483. The third kappa shape index (κ3) is 5.56. The van der Waals surface area contributed by atoms with Crippen molar-refractivity contribution < 1.29 is 19.0 Å². The van der Waals surface area contributed by atoms with Gasteiger partial charge in [-0.2, -0.15) is 0 Å². The lowest BCUT2D eigenvalue weighted by atomic mass is 10.2. The van der Waals surface area contributed by atoms with Crippen molar-refractivity contribution >= 4 is 17.7 Å². The van der Waals surface area contributed by atoms with Crippen molar-refractivity contribution in [3.8, 4) is 28.6 Å². The second-order valence-corrected chi connectivity index (χ2v) is 7.69. The molecular formula is C22H26N4O4S. The first kappa shape index (κ1) is 22.6. The van der Waals surface area contributed by atoms with Crippen molar-refractivity contribution in [2.45, 2.75) is 18.1 Å². The molecule has 2 aromatic carbocycles. The van der Waals surface area contributed by atoms with E-state index in [4.69, 9.17) is 14.2 Å². The lowest BCUT2D eigenvalue weighted by molar-refractivity contribution is -0.119. The van der Waals surface area contributed by atoms with E-state index in [1.165, 1.54) is 11.8 Å². The smallest absolute Gasteiger partial charge is 0.230 e. The van der Waals surface area contributed by atoms with Gasteiger partial charge in [-0.15, -0.1) is 10.2 Å². The summed E-state index contributed by atoms with van der Waals surface area (Å²) in [6.45, 7) is 2.35. The third-order valence-electron chi connectivity index (χ3n) is 4.47. The minimum absolute atomic E-state index is 0.0679. The van der Waals surface area contributed by atoms with Gasteiger partial charge in [0.05, 0.1) is 37.8 Å². The lowest BCUT2D eigenvalue weighted by Gasteiger charge is -2.14. The predicted molar refractivity (Wildman–Crippen MR) is 120 cm³/mol. The highest BCUT2D eigenvalue weighted by atomic mass is 32.2. The van der Waals surface area contributed by atoms with Crippen LogP contribution >= 0.6 is 11.8 Å². The molecule has 0 saturated heterocycles. The average Bonchev–Trinajstić information content (AvgIpc) is 3.21. The van der Waals surface area contributed by atoms with E-state index in [9.17, 15) is 4.79 Å². The Morgan fingerprint density at radius 2 is 1.81 bits per heavy atom. The number of amides is 1. The Morgan fingerprint density at radius 1 is 1.06 bits per heavy atom. The number of ether oxygens (including phenoxy) is 3. The van der Waals surface area contributed by atoms with Gasteiger partial charge in [0.2, 0.25) is 5.91 Å². The SMILES string of the molecule is COCC(C)NC(=O)CSc1nnc(-c2ccccc2OC)n1-c1ccc(OC)cc1. The second kappa shape index (κ2) is 10.8. The summed E-state index contributed by atoms with van der Waals surface area (Å²) in [5.41, 5.74) is 1.65. The summed E-state index contributed by atoms with van der Waals surface area (Å²) in [4.78, 5) is 12.3. The van der Waals surface area contributed by atoms with Crippen LogP contribution in [0.5, 0.6) is 11.5 Å². The van der Waals surface area contributed by atoms with Crippen molar-refractivity contribution in [1.82, 2.24) is 20.1 Å². The van der Waals surface area contributed by atoms with Gasteiger partial charge in [-0.05, 0) is 43.3 Å². The molecule has 1 amide bonds. The van der Waals surface area contributed by atoms with Crippen molar-refractivity contribution in [1.29, 1.82) is 0 Å². The number of nitrogens with one attached hydrogen (secondary N) is 1. The highest BCUT2D eigenvalue weighted by Crippen LogP contribution is 2.33. The number of rotatable bonds is 10. The molecule has 1 N–H and O–H groups in total. The molecule has 0 aliphatic rings. The molecule has 0 radical (unpaired) electrons. The number of carbonyl (C=O) groups excluding carboxylic acids is 1. The number of carbonyl (C=O) groups is 1. The molecule has 0 spiro atoms. The lowest BCUT2D eigenvalue weighted by Crippen LogP contribution is -2.36. The number of benzene rings is 2. The fourth-order valence-corrected chi connectivity index (χ4v) is 3.83. The molecule has 9 heteroatoms. The summed E-state index contributed by atoms with van der Waals surface area (Å²) < 4.78 is 17.8. The van der Waals surface area contributed by atoms with E-state index in [1.54, 1.807) is 21.3 Å². The highest BCUT2D eigenvalue weighted by Gasteiger charge is 2.20. The standard InChI is InChI=1S/C22H26N4O4S/c1-15(13-28-2)23-20(27)14-31-22-25-24-21(18-7-5-6-8-19(18)30-4)26(22)16-9-11-17(29-3)12-10-16/h5-12,15H,13-14H2,1-4H3,(H,23,27). The minimum atomic E-state index is -0.0994. The summed E-state index contributed by atoms with van der Waals surface area (Å²) in [6.07, 6.45) is 0. The summed E-state index contributed by atoms with van der Waals surface area (Å²) in [6, 6.07) is 15.1. The number of nitrogens with zero attached hydrogens (tertiary/aromatic N) is 3. The van der Waals surface area contributed by atoms with Crippen LogP contribution in [0.4, 0.5) is 0 Å². The third-order valence-corrected chi connectivity index (χ3v) is 5.40. The largest absolute Gasteiger partial charge is 0.497 e. The number of thioether (sulfide) groups is 1. The number of hydrogen-bond acceptors (Lipinski definition) is 7. The van der Waals surface area contributed by atoms with Crippen molar-refractivity contribution in [2.24, 2.45) is 0 Å². The summed E-state index contributed by atoms with van der Waals surface area (Å²) >= 11 is 1.31. The Labute approximate surface area is 185 Å². The molecule has 0 bridgehead atoms. The zero-order valence-electron chi connectivity index (χ0n) is 18.0. The Morgan fingerprint density at radius 3 is 2.48 bits per heavy atom. The van der Waals surface area contributed by atoms with Crippen LogP contribution in [0.2, 0.25) is 0 Å². The maximum Gasteiger partial charge on any atom is 0.230 e. The normalized spacial score (nSPS) is 11.7. The summed E-state index contributed by atoms with van der Waals surface area (Å²) in [7, 11) is 4.85. The van der Waals surface area contributed by atoms with Crippen LogP contribution in [-0.4, -0.2) is 60.4 Å². The summed E-state index contributed by atoms with van der Waals surface area (Å²) in [5.74, 6) is 2.16. The van der Waals surface area contributed by atoms with Crippen molar-refractivity contribution in [3.63, 3.8) is 0 Å². The van der Waals surface area contributed by atoms with Gasteiger partial charge in [0.15, 0.2) is 11.0 Å². The highest BCUT2D eigenvalue weighted by molar-refractivity contribution is 7.99. The van der Waals surface area contributed by atoms with E-state index in [0.717, 1.165) is 17.0 Å². The first-order valence-electron chi connectivity index (χ1n) is 9.71. The molecule has 1 unspecified atom stereocenters. The number of para-hydroxylation sites is 1. The second-order valence-electron chi connectivity index (χ2n) is 6.75. The number of methoxy groups -OCH3 is 3. The molecule has 0 saturated carbocycles. The number of hydrogen-bond donors (Lipinski definition) is 1. The number of aromatic nitrogens is 3. The monoisotopic (exact) mass is 442 g/mol. The van der Waals surface area contributed by atoms with Crippen LogP contribution in [-0.2, 0) is 9.53 Å². The van der Waals surface area contributed by atoms with Gasteiger partial charge in [0.1, 0.15) is 11.5 Å². The van der Waals surface area contributed by atoms with Crippen LogP contribution in [0.1, 0.15) is 6.92 Å². The Balaban J connectivity index is 1.94. The molecule has 3 aromatic rings. The Kier molecular flexibility index (Phi) is 7.91. The zero-order valence-corrected chi connectivity index (χ0v) is 18.8. The fourth-order valence-electron chi connectivity index (χ4n) is 3.07. The van der Waals surface area contributed by atoms with Crippen LogP contribution < -0.4 is 14.8 Å². The van der Waals surface area contributed by atoms with E-state index in [0.29, 0.717) is 23.3 Å². The predicted octanol–water partition coefficient (Wildman–Crippen LogP) is 3.19. The molecule has 3 rings (SSSR count).